The zero-order valence-corrected chi connectivity index (χ0v) is 8.91. The minimum absolute atomic E-state index is 0.530. The van der Waals surface area contributed by atoms with Crippen LogP contribution in [0.1, 0.15) is 11.4 Å². The molecule has 2 heterocycles. The van der Waals surface area contributed by atoms with Crippen LogP contribution in [0.15, 0.2) is 18.9 Å². The maximum atomic E-state index is 8.92. The van der Waals surface area contributed by atoms with Gasteiger partial charge in [0, 0.05) is 12.7 Å². The molecule has 5 heteroatoms. The molecule has 0 bridgehead atoms. The van der Waals surface area contributed by atoms with Crippen molar-refractivity contribution in [2.45, 2.75) is 6.92 Å². The number of hydrogen-bond acceptors (Lipinski definition) is 4. The summed E-state index contributed by atoms with van der Waals surface area (Å²) in [5, 5.41) is 12.0. The lowest BCUT2D eigenvalue weighted by atomic mass is 10.3. The Hall–Kier alpha value is -2.35. The summed E-state index contributed by atoms with van der Waals surface area (Å²) < 4.78 is 0. The number of fused-ring (bicyclic) bond motifs is 1. The second kappa shape index (κ2) is 4.03. The van der Waals surface area contributed by atoms with Gasteiger partial charge in [0.05, 0.1) is 5.56 Å². The average Bonchev–Trinajstić information content (AvgIpc) is 2.68. The molecule has 0 saturated carbocycles. The molecule has 5 nitrogen and oxygen atoms in total. The fourth-order valence-corrected chi connectivity index (χ4v) is 1.50. The summed E-state index contributed by atoms with van der Waals surface area (Å²) in [7, 11) is 0. The van der Waals surface area contributed by atoms with E-state index >= 15 is 0 Å². The number of nitrogens with one attached hydrogen (secondary N) is 2. The molecule has 0 aliphatic heterocycles. The van der Waals surface area contributed by atoms with Gasteiger partial charge in [-0.25, -0.2) is 9.97 Å². The van der Waals surface area contributed by atoms with Crippen molar-refractivity contribution in [3.05, 3.63) is 30.2 Å². The summed E-state index contributed by atoms with van der Waals surface area (Å²) in [6, 6.07) is 2.09. The first-order valence-electron chi connectivity index (χ1n) is 4.87. The minimum atomic E-state index is 0.530. The topological polar surface area (TPSA) is 77.4 Å². The van der Waals surface area contributed by atoms with E-state index in [1.807, 2.05) is 0 Å². The highest BCUT2D eigenvalue weighted by Gasteiger charge is 2.10. The van der Waals surface area contributed by atoms with E-state index in [2.05, 4.69) is 32.9 Å². The lowest BCUT2D eigenvalue weighted by Crippen LogP contribution is -2.03. The van der Waals surface area contributed by atoms with E-state index in [0.29, 0.717) is 29.3 Å². The van der Waals surface area contributed by atoms with Crippen LogP contribution in [0, 0.1) is 18.3 Å². The fraction of sp³-hybridized carbons (Fsp3) is 0.182. The predicted octanol–water partition coefficient (Wildman–Crippen LogP) is 1.74. The summed E-state index contributed by atoms with van der Waals surface area (Å²) in [5.74, 6) is 1.33. The van der Waals surface area contributed by atoms with Crippen molar-refractivity contribution in [2.24, 2.45) is 0 Å². The molecule has 0 aliphatic carbocycles. The SMILES string of the molecule is C=CCNc1nc(C)nc2c(C#N)c[nH]c12. The van der Waals surface area contributed by atoms with Gasteiger partial charge in [-0.05, 0) is 6.92 Å². The number of nitrogens with zero attached hydrogens (tertiary/aromatic N) is 3. The smallest absolute Gasteiger partial charge is 0.154 e. The molecule has 0 aliphatic rings. The Morgan fingerprint density at radius 2 is 2.44 bits per heavy atom. The zero-order valence-electron chi connectivity index (χ0n) is 8.91. The van der Waals surface area contributed by atoms with Crippen LogP contribution in [0.3, 0.4) is 0 Å². The average molecular weight is 213 g/mol. The second-order valence-corrected chi connectivity index (χ2v) is 3.33. The van der Waals surface area contributed by atoms with Gasteiger partial charge in [0.25, 0.3) is 0 Å². The van der Waals surface area contributed by atoms with Crippen molar-refractivity contribution in [1.82, 2.24) is 15.0 Å². The first-order chi connectivity index (χ1) is 7.76. The number of H-pyrrole nitrogens is 1. The van der Waals surface area contributed by atoms with Crippen molar-refractivity contribution in [3.8, 4) is 6.07 Å². The van der Waals surface area contributed by atoms with Gasteiger partial charge in [-0.2, -0.15) is 5.26 Å². The van der Waals surface area contributed by atoms with E-state index in [9.17, 15) is 0 Å². The van der Waals surface area contributed by atoms with Crippen molar-refractivity contribution >= 4 is 16.9 Å². The summed E-state index contributed by atoms with van der Waals surface area (Å²) in [6.07, 6.45) is 3.38. The highest BCUT2D eigenvalue weighted by Crippen LogP contribution is 2.21. The molecule has 0 unspecified atom stereocenters. The number of aromatic amines is 1. The molecule has 0 atom stereocenters. The molecule has 2 rings (SSSR count). The van der Waals surface area contributed by atoms with E-state index in [-0.39, 0.29) is 0 Å². The van der Waals surface area contributed by atoms with E-state index in [0.717, 1.165) is 5.52 Å². The quantitative estimate of drug-likeness (QED) is 0.761. The third-order valence-corrected chi connectivity index (χ3v) is 2.17. The maximum absolute atomic E-state index is 8.92. The van der Waals surface area contributed by atoms with Crippen LogP contribution in [0.5, 0.6) is 0 Å². The highest BCUT2D eigenvalue weighted by atomic mass is 15.0. The molecular weight excluding hydrogens is 202 g/mol. The van der Waals surface area contributed by atoms with Crippen LogP contribution >= 0.6 is 0 Å². The van der Waals surface area contributed by atoms with Crippen LogP contribution in [-0.2, 0) is 0 Å². The lowest BCUT2D eigenvalue weighted by Gasteiger charge is -2.04. The Labute approximate surface area is 92.8 Å². The molecule has 2 aromatic heterocycles. The number of hydrogen-bond donors (Lipinski definition) is 2. The monoisotopic (exact) mass is 213 g/mol. The number of aryl methyl sites for hydroxylation is 1. The normalized spacial score (nSPS) is 10.0. The van der Waals surface area contributed by atoms with Gasteiger partial charge >= 0.3 is 0 Å². The Kier molecular flexibility index (Phi) is 2.56. The third-order valence-electron chi connectivity index (χ3n) is 2.17. The minimum Gasteiger partial charge on any atom is -0.365 e. The number of aromatic nitrogens is 3. The Balaban J connectivity index is 2.60. The van der Waals surface area contributed by atoms with Gasteiger partial charge in [-0.15, -0.1) is 6.58 Å². The number of rotatable bonds is 3. The molecule has 2 aromatic rings. The van der Waals surface area contributed by atoms with Crippen molar-refractivity contribution < 1.29 is 0 Å². The van der Waals surface area contributed by atoms with Gasteiger partial charge < -0.3 is 10.3 Å². The zero-order chi connectivity index (χ0) is 11.5. The van der Waals surface area contributed by atoms with E-state index in [4.69, 9.17) is 5.26 Å². The van der Waals surface area contributed by atoms with Crippen LogP contribution in [0.4, 0.5) is 5.82 Å². The summed E-state index contributed by atoms with van der Waals surface area (Å²) in [5.41, 5.74) is 1.94. The molecular formula is C11H11N5. The van der Waals surface area contributed by atoms with Gasteiger partial charge in [-0.3, -0.25) is 0 Å². The Bertz CT molecular complexity index is 576. The molecule has 0 spiro atoms. The van der Waals surface area contributed by atoms with E-state index in [1.54, 1.807) is 19.2 Å². The molecule has 0 amide bonds. The van der Waals surface area contributed by atoms with Crippen LogP contribution in [0.2, 0.25) is 0 Å². The van der Waals surface area contributed by atoms with Crippen molar-refractivity contribution in [1.29, 1.82) is 5.26 Å². The molecule has 0 fully saturated rings. The van der Waals surface area contributed by atoms with E-state index < -0.39 is 0 Å². The van der Waals surface area contributed by atoms with Crippen LogP contribution in [0.25, 0.3) is 11.0 Å². The fourth-order valence-electron chi connectivity index (χ4n) is 1.50. The Morgan fingerprint density at radius 3 is 3.12 bits per heavy atom. The van der Waals surface area contributed by atoms with Gasteiger partial charge in [-0.1, -0.05) is 6.08 Å². The lowest BCUT2D eigenvalue weighted by molar-refractivity contribution is 1.08. The second-order valence-electron chi connectivity index (χ2n) is 3.33. The molecule has 0 aromatic carbocycles. The predicted molar refractivity (Wildman–Crippen MR) is 62.0 cm³/mol. The first kappa shape index (κ1) is 10.2. The molecule has 2 N–H and O–H groups in total. The number of anilines is 1. The van der Waals surface area contributed by atoms with Crippen LogP contribution < -0.4 is 5.32 Å². The molecule has 0 saturated heterocycles. The van der Waals surface area contributed by atoms with Gasteiger partial charge in [0.15, 0.2) is 5.82 Å². The molecule has 0 radical (unpaired) electrons. The first-order valence-corrected chi connectivity index (χ1v) is 4.87. The standard InChI is InChI=1S/C11H11N5/c1-3-4-13-11-10-9(15-7(2)16-11)8(5-12)6-14-10/h3,6,14H,1,4H2,2H3,(H,13,15,16). The molecule has 80 valence electrons. The van der Waals surface area contributed by atoms with E-state index in [1.165, 1.54) is 0 Å². The maximum Gasteiger partial charge on any atom is 0.154 e. The van der Waals surface area contributed by atoms with Crippen molar-refractivity contribution in [2.75, 3.05) is 11.9 Å². The highest BCUT2D eigenvalue weighted by molar-refractivity contribution is 5.90. The summed E-state index contributed by atoms with van der Waals surface area (Å²) in [4.78, 5) is 11.5. The largest absolute Gasteiger partial charge is 0.365 e. The van der Waals surface area contributed by atoms with Gasteiger partial charge in [0.2, 0.25) is 0 Å². The van der Waals surface area contributed by atoms with Crippen LogP contribution in [-0.4, -0.2) is 21.5 Å². The molecule has 16 heavy (non-hydrogen) atoms. The number of nitriles is 1. The third kappa shape index (κ3) is 1.61. The Morgan fingerprint density at radius 1 is 1.62 bits per heavy atom. The van der Waals surface area contributed by atoms with Crippen molar-refractivity contribution in [3.63, 3.8) is 0 Å². The van der Waals surface area contributed by atoms with Gasteiger partial charge in [0.1, 0.15) is 22.9 Å². The summed E-state index contributed by atoms with van der Waals surface area (Å²) in [6.45, 7) is 6.05. The summed E-state index contributed by atoms with van der Waals surface area (Å²) >= 11 is 0.